The predicted molar refractivity (Wildman–Crippen MR) is 70.3 cm³/mol. The van der Waals surface area contributed by atoms with Gasteiger partial charge in [-0.3, -0.25) is 9.69 Å². The summed E-state index contributed by atoms with van der Waals surface area (Å²) in [6.45, 7) is 3.19. The van der Waals surface area contributed by atoms with E-state index in [0.717, 1.165) is 12.0 Å². The molecule has 1 unspecified atom stereocenters. The van der Waals surface area contributed by atoms with Crippen LogP contribution in [0.4, 0.5) is 0 Å². The highest BCUT2D eigenvalue weighted by molar-refractivity contribution is 5.66. The van der Waals surface area contributed by atoms with Gasteiger partial charge in [0.2, 0.25) is 0 Å². The zero-order valence-electron chi connectivity index (χ0n) is 10.7. The lowest BCUT2D eigenvalue weighted by Crippen LogP contribution is -2.38. The van der Waals surface area contributed by atoms with Crippen LogP contribution < -0.4 is 0 Å². The van der Waals surface area contributed by atoms with Crippen molar-refractivity contribution in [3.63, 3.8) is 0 Å². The lowest BCUT2D eigenvalue weighted by atomic mass is 10.1. The van der Waals surface area contributed by atoms with Crippen molar-refractivity contribution in [2.75, 3.05) is 13.2 Å². The predicted octanol–water partition coefficient (Wildman–Crippen LogP) is 1.73. The van der Waals surface area contributed by atoms with Crippen molar-refractivity contribution in [1.82, 2.24) is 4.90 Å². The van der Waals surface area contributed by atoms with Crippen LogP contribution in [0.5, 0.6) is 0 Å². The molecule has 1 rings (SSSR count). The number of aliphatic carboxylic acids is 1. The summed E-state index contributed by atoms with van der Waals surface area (Å²) in [6.07, 6.45) is 0.909. The van der Waals surface area contributed by atoms with E-state index in [1.165, 1.54) is 0 Å². The number of nitrogens with zero attached hydrogens (tertiary/aromatic N) is 1. The minimum absolute atomic E-state index is 0.0181. The number of carbonyl (C=O) groups is 1. The molecular formula is C14H21NO3. The molecule has 0 radical (unpaired) electrons. The number of hydrogen-bond acceptors (Lipinski definition) is 3. The van der Waals surface area contributed by atoms with E-state index in [1.54, 1.807) is 0 Å². The number of carboxylic acid groups (broad SMARTS) is 1. The molecule has 18 heavy (non-hydrogen) atoms. The van der Waals surface area contributed by atoms with Crippen LogP contribution in [0.15, 0.2) is 30.3 Å². The Morgan fingerprint density at radius 3 is 2.50 bits per heavy atom. The van der Waals surface area contributed by atoms with Crippen molar-refractivity contribution < 1.29 is 15.0 Å². The molecule has 100 valence electrons. The maximum Gasteiger partial charge on any atom is 0.304 e. The van der Waals surface area contributed by atoms with Gasteiger partial charge in [-0.25, -0.2) is 0 Å². The molecule has 4 heteroatoms. The van der Waals surface area contributed by atoms with Gasteiger partial charge in [0.25, 0.3) is 0 Å². The number of rotatable bonds is 8. The number of hydrogen-bond donors (Lipinski definition) is 2. The van der Waals surface area contributed by atoms with Gasteiger partial charge in [0.15, 0.2) is 0 Å². The monoisotopic (exact) mass is 251 g/mol. The smallest absolute Gasteiger partial charge is 0.304 e. The first-order valence-corrected chi connectivity index (χ1v) is 6.28. The van der Waals surface area contributed by atoms with Crippen molar-refractivity contribution in [2.45, 2.75) is 32.4 Å². The fourth-order valence-corrected chi connectivity index (χ4v) is 1.95. The molecule has 0 aliphatic carbocycles. The van der Waals surface area contributed by atoms with Gasteiger partial charge in [0.1, 0.15) is 0 Å². The zero-order valence-corrected chi connectivity index (χ0v) is 10.7. The molecule has 0 heterocycles. The average Bonchev–Trinajstić information content (AvgIpc) is 2.38. The van der Waals surface area contributed by atoms with Crippen LogP contribution >= 0.6 is 0 Å². The van der Waals surface area contributed by atoms with Crippen molar-refractivity contribution in [2.24, 2.45) is 0 Å². The van der Waals surface area contributed by atoms with Gasteiger partial charge in [-0.1, -0.05) is 37.3 Å². The van der Waals surface area contributed by atoms with E-state index in [2.05, 4.69) is 0 Å². The standard InChI is InChI=1S/C14H21NO3/c1-2-13(11-16)15(9-8-14(17)18)10-12-6-4-3-5-7-12/h3-7,13,16H,2,8-11H2,1H3,(H,17,18). The maximum atomic E-state index is 10.7. The van der Waals surface area contributed by atoms with Crippen LogP contribution in [0.1, 0.15) is 25.3 Å². The molecule has 1 atom stereocenters. The fourth-order valence-electron chi connectivity index (χ4n) is 1.95. The van der Waals surface area contributed by atoms with E-state index in [9.17, 15) is 9.90 Å². The van der Waals surface area contributed by atoms with Gasteiger partial charge in [0.05, 0.1) is 13.0 Å². The average molecular weight is 251 g/mol. The van der Waals surface area contributed by atoms with Gasteiger partial charge < -0.3 is 10.2 Å². The van der Waals surface area contributed by atoms with E-state index >= 15 is 0 Å². The van der Waals surface area contributed by atoms with Crippen LogP contribution in [0, 0.1) is 0 Å². The third kappa shape index (κ3) is 4.85. The largest absolute Gasteiger partial charge is 0.481 e. The Kier molecular flexibility index (Phi) is 6.39. The highest BCUT2D eigenvalue weighted by Crippen LogP contribution is 2.11. The minimum atomic E-state index is -0.805. The summed E-state index contributed by atoms with van der Waals surface area (Å²) < 4.78 is 0. The highest BCUT2D eigenvalue weighted by atomic mass is 16.4. The summed E-state index contributed by atoms with van der Waals surface area (Å²) >= 11 is 0. The van der Waals surface area contributed by atoms with Gasteiger partial charge in [-0.2, -0.15) is 0 Å². The maximum absolute atomic E-state index is 10.7. The molecular weight excluding hydrogens is 230 g/mol. The minimum Gasteiger partial charge on any atom is -0.481 e. The fraction of sp³-hybridized carbons (Fsp3) is 0.500. The second-order valence-corrected chi connectivity index (χ2v) is 4.34. The Morgan fingerprint density at radius 2 is 2.00 bits per heavy atom. The van der Waals surface area contributed by atoms with Gasteiger partial charge in [-0.05, 0) is 12.0 Å². The first-order valence-electron chi connectivity index (χ1n) is 6.28. The van der Waals surface area contributed by atoms with Crippen molar-refractivity contribution >= 4 is 5.97 Å². The Bertz CT molecular complexity index is 349. The Balaban J connectivity index is 2.67. The molecule has 0 spiro atoms. The molecule has 0 bridgehead atoms. The third-order valence-electron chi connectivity index (χ3n) is 3.04. The zero-order chi connectivity index (χ0) is 13.4. The summed E-state index contributed by atoms with van der Waals surface area (Å²) in [7, 11) is 0. The Morgan fingerprint density at radius 1 is 1.33 bits per heavy atom. The van der Waals surface area contributed by atoms with Crippen molar-refractivity contribution in [3.05, 3.63) is 35.9 Å². The Hall–Kier alpha value is -1.39. The molecule has 0 saturated heterocycles. The van der Waals surface area contributed by atoms with E-state index in [-0.39, 0.29) is 19.1 Å². The number of carboxylic acids is 1. The SMILES string of the molecule is CCC(CO)N(CCC(=O)O)Cc1ccccc1. The van der Waals surface area contributed by atoms with Gasteiger partial charge in [-0.15, -0.1) is 0 Å². The highest BCUT2D eigenvalue weighted by Gasteiger charge is 2.17. The lowest BCUT2D eigenvalue weighted by molar-refractivity contribution is -0.137. The molecule has 4 nitrogen and oxygen atoms in total. The van der Waals surface area contributed by atoms with Crippen LogP contribution in [0.25, 0.3) is 0 Å². The lowest BCUT2D eigenvalue weighted by Gasteiger charge is -2.29. The summed E-state index contributed by atoms with van der Waals surface area (Å²) in [5.74, 6) is -0.805. The van der Waals surface area contributed by atoms with Gasteiger partial charge in [0, 0.05) is 19.1 Å². The molecule has 0 aromatic heterocycles. The number of aliphatic hydroxyl groups is 1. The summed E-state index contributed by atoms with van der Waals surface area (Å²) in [4.78, 5) is 12.7. The molecule has 0 fully saturated rings. The van der Waals surface area contributed by atoms with E-state index < -0.39 is 5.97 Å². The summed E-state index contributed by atoms with van der Waals surface area (Å²) in [5, 5.41) is 18.1. The molecule has 0 saturated carbocycles. The third-order valence-corrected chi connectivity index (χ3v) is 3.04. The second kappa shape index (κ2) is 7.84. The molecule has 2 N–H and O–H groups in total. The first-order chi connectivity index (χ1) is 8.67. The summed E-state index contributed by atoms with van der Waals surface area (Å²) in [6, 6.07) is 9.92. The first kappa shape index (κ1) is 14.7. The Labute approximate surface area is 108 Å². The molecule has 0 amide bonds. The van der Waals surface area contributed by atoms with Crippen LogP contribution in [-0.4, -0.2) is 40.3 Å². The van der Waals surface area contributed by atoms with E-state index in [0.29, 0.717) is 13.1 Å². The molecule has 1 aromatic rings. The quantitative estimate of drug-likeness (QED) is 0.738. The topological polar surface area (TPSA) is 60.8 Å². The summed E-state index contributed by atoms with van der Waals surface area (Å²) in [5.41, 5.74) is 1.13. The van der Waals surface area contributed by atoms with Crippen molar-refractivity contribution in [3.8, 4) is 0 Å². The van der Waals surface area contributed by atoms with Crippen LogP contribution in [-0.2, 0) is 11.3 Å². The van der Waals surface area contributed by atoms with Crippen molar-refractivity contribution in [1.29, 1.82) is 0 Å². The normalized spacial score (nSPS) is 12.6. The van der Waals surface area contributed by atoms with E-state index in [4.69, 9.17) is 5.11 Å². The van der Waals surface area contributed by atoms with Crippen LogP contribution in [0.3, 0.4) is 0 Å². The van der Waals surface area contributed by atoms with Gasteiger partial charge >= 0.3 is 5.97 Å². The van der Waals surface area contributed by atoms with Crippen LogP contribution in [0.2, 0.25) is 0 Å². The molecule has 1 aromatic carbocycles. The number of benzene rings is 1. The molecule has 0 aliphatic heterocycles. The number of aliphatic hydroxyl groups excluding tert-OH is 1. The van der Waals surface area contributed by atoms with E-state index in [1.807, 2.05) is 42.2 Å². The molecule has 0 aliphatic rings. The second-order valence-electron chi connectivity index (χ2n) is 4.34.